The Kier molecular flexibility index (Phi) is 5.58. The minimum Gasteiger partial charge on any atom is -0.394 e. The Balaban J connectivity index is 1.89. The summed E-state index contributed by atoms with van der Waals surface area (Å²) in [5.41, 5.74) is 0.443. The van der Waals surface area contributed by atoms with Crippen molar-refractivity contribution in [2.24, 2.45) is 0 Å². The summed E-state index contributed by atoms with van der Waals surface area (Å²) in [6, 6.07) is 10.5. The molecule has 140 valence electrons. The third-order valence-corrected chi connectivity index (χ3v) is 4.59. The van der Waals surface area contributed by atoms with Crippen molar-refractivity contribution in [3.8, 4) is 0 Å². The molecule has 3 rings (SSSR count). The Hall–Kier alpha value is -2.70. The fourth-order valence-electron chi connectivity index (χ4n) is 2.87. The number of fused-ring (bicyclic) bond motifs is 1. The van der Waals surface area contributed by atoms with Crippen LogP contribution in [0.25, 0.3) is 10.8 Å². The van der Waals surface area contributed by atoms with Crippen molar-refractivity contribution >= 4 is 34.0 Å². The number of aliphatic hydroxyl groups excluding tert-OH is 1. The van der Waals surface area contributed by atoms with Crippen molar-refractivity contribution in [2.75, 3.05) is 11.9 Å². The smallest absolute Gasteiger partial charge is 0.258 e. The molecule has 3 aromatic rings. The third kappa shape index (κ3) is 4.02. The predicted molar refractivity (Wildman–Crippen MR) is 104 cm³/mol. The normalized spacial score (nSPS) is 12.1. The van der Waals surface area contributed by atoms with Gasteiger partial charge in [-0.05, 0) is 42.8 Å². The number of carbonyl (C=O) groups is 1. The largest absolute Gasteiger partial charge is 0.394 e. The molecular weight excluding hydrogens is 371 g/mol. The van der Waals surface area contributed by atoms with E-state index in [9.17, 15) is 19.1 Å². The lowest BCUT2D eigenvalue weighted by Crippen LogP contribution is -2.25. The number of pyridine rings is 1. The molecule has 1 heterocycles. The number of aliphatic hydroxyl groups is 1. The van der Waals surface area contributed by atoms with E-state index in [2.05, 4.69) is 5.32 Å². The van der Waals surface area contributed by atoms with Gasteiger partial charge in [-0.3, -0.25) is 9.59 Å². The molecule has 1 aromatic heterocycles. The highest BCUT2D eigenvalue weighted by Crippen LogP contribution is 2.22. The Bertz CT molecular complexity index is 1060. The average molecular weight is 389 g/mol. The van der Waals surface area contributed by atoms with E-state index >= 15 is 0 Å². The number of nitrogens with one attached hydrogen (secondary N) is 1. The van der Waals surface area contributed by atoms with Crippen molar-refractivity contribution < 1.29 is 14.3 Å². The van der Waals surface area contributed by atoms with Crippen LogP contribution in [0.3, 0.4) is 0 Å². The van der Waals surface area contributed by atoms with Gasteiger partial charge >= 0.3 is 0 Å². The number of rotatable bonds is 5. The van der Waals surface area contributed by atoms with Gasteiger partial charge in [-0.2, -0.15) is 0 Å². The van der Waals surface area contributed by atoms with Crippen LogP contribution in [-0.2, 0) is 11.2 Å². The average Bonchev–Trinajstić information content (AvgIpc) is 2.64. The maximum Gasteiger partial charge on any atom is 0.258 e. The number of halogens is 2. The third-order valence-electron chi connectivity index (χ3n) is 4.35. The lowest BCUT2D eigenvalue weighted by molar-refractivity contribution is -0.115. The lowest BCUT2D eigenvalue weighted by Gasteiger charge is -2.14. The molecule has 1 atom stereocenters. The standard InChI is InChI=1S/C20H18ClFN2O3/c1-12(11-25)24-8-7-15-16(20(24)27)3-2-4-18(15)23-19(26)9-13-5-6-14(21)10-17(13)22/h2-8,10,12,25H,9,11H2,1H3,(H,23,26)/t12-/m0/s1. The highest BCUT2D eigenvalue weighted by atomic mass is 35.5. The number of amides is 1. The van der Waals surface area contributed by atoms with Crippen LogP contribution in [0.1, 0.15) is 18.5 Å². The minimum atomic E-state index is -0.545. The first-order valence-electron chi connectivity index (χ1n) is 8.39. The summed E-state index contributed by atoms with van der Waals surface area (Å²) in [7, 11) is 0. The molecule has 1 amide bonds. The van der Waals surface area contributed by atoms with Gasteiger partial charge in [0.15, 0.2) is 0 Å². The zero-order valence-electron chi connectivity index (χ0n) is 14.6. The summed E-state index contributed by atoms with van der Waals surface area (Å²) in [5, 5.41) is 13.3. The highest BCUT2D eigenvalue weighted by molar-refractivity contribution is 6.30. The van der Waals surface area contributed by atoms with Crippen LogP contribution in [0.5, 0.6) is 0 Å². The second-order valence-corrected chi connectivity index (χ2v) is 6.72. The number of hydrogen-bond acceptors (Lipinski definition) is 3. The SMILES string of the molecule is C[C@@H](CO)n1ccc2c(NC(=O)Cc3ccc(Cl)cc3F)cccc2c1=O. The van der Waals surface area contributed by atoms with E-state index in [4.69, 9.17) is 11.6 Å². The number of nitrogens with zero attached hydrogens (tertiary/aromatic N) is 1. The maximum atomic E-state index is 13.9. The quantitative estimate of drug-likeness (QED) is 0.702. The van der Waals surface area contributed by atoms with Gasteiger partial charge in [-0.15, -0.1) is 0 Å². The van der Waals surface area contributed by atoms with E-state index in [-0.39, 0.29) is 35.2 Å². The maximum absolute atomic E-state index is 13.9. The Morgan fingerprint density at radius 3 is 2.74 bits per heavy atom. The molecule has 2 aromatic carbocycles. The van der Waals surface area contributed by atoms with Gasteiger partial charge < -0.3 is 15.0 Å². The van der Waals surface area contributed by atoms with Crippen LogP contribution < -0.4 is 10.9 Å². The van der Waals surface area contributed by atoms with Crippen LogP contribution in [0, 0.1) is 5.82 Å². The first-order valence-corrected chi connectivity index (χ1v) is 8.77. The highest BCUT2D eigenvalue weighted by Gasteiger charge is 2.13. The zero-order valence-corrected chi connectivity index (χ0v) is 15.3. The summed E-state index contributed by atoms with van der Waals surface area (Å²) in [6.45, 7) is 1.58. The van der Waals surface area contributed by atoms with Gasteiger partial charge in [-0.25, -0.2) is 4.39 Å². The molecule has 27 heavy (non-hydrogen) atoms. The van der Waals surface area contributed by atoms with Crippen LogP contribution in [0.4, 0.5) is 10.1 Å². The molecule has 7 heteroatoms. The van der Waals surface area contributed by atoms with Gasteiger partial charge in [0.05, 0.1) is 19.1 Å². The number of anilines is 1. The first kappa shape index (κ1) is 19.1. The fraction of sp³-hybridized carbons (Fsp3) is 0.200. The fourth-order valence-corrected chi connectivity index (χ4v) is 3.03. The molecule has 0 spiro atoms. The van der Waals surface area contributed by atoms with Gasteiger partial charge in [0.1, 0.15) is 5.82 Å². The van der Waals surface area contributed by atoms with Crippen molar-refractivity contribution in [2.45, 2.75) is 19.4 Å². The summed E-state index contributed by atoms with van der Waals surface area (Å²) in [6.07, 6.45) is 1.43. The van der Waals surface area contributed by atoms with Gasteiger partial charge in [0.2, 0.25) is 5.91 Å². The molecule has 0 unspecified atom stereocenters. The molecule has 0 saturated heterocycles. The molecule has 0 aliphatic heterocycles. The molecule has 0 aliphatic rings. The number of aromatic nitrogens is 1. The van der Waals surface area contributed by atoms with Gasteiger partial charge in [0, 0.05) is 27.7 Å². The van der Waals surface area contributed by atoms with Crippen molar-refractivity contribution in [1.29, 1.82) is 0 Å². The van der Waals surface area contributed by atoms with Crippen LogP contribution >= 0.6 is 11.6 Å². The predicted octanol–water partition coefficient (Wildman–Crippen LogP) is 3.53. The second-order valence-electron chi connectivity index (χ2n) is 6.29. The van der Waals surface area contributed by atoms with Crippen LogP contribution in [-0.4, -0.2) is 22.2 Å². The molecule has 0 aliphatic carbocycles. The lowest BCUT2D eigenvalue weighted by atomic mass is 10.1. The summed E-state index contributed by atoms with van der Waals surface area (Å²) < 4.78 is 15.3. The molecule has 2 N–H and O–H groups in total. The van der Waals surface area contributed by atoms with Crippen molar-refractivity contribution in [1.82, 2.24) is 4.57 Å². The molecular formula is C20H18ClFN2O3. The van der Waals surface area contributed by atoms with Crippen molar-refractivity contribution in [3.05, 3.63) is 75.4 Å². The number of hydrogen-bond donors (Lipinski definition) is 2. The number of benzene rings is 2. The Labute approximate surface area is 160 Å². The van der Waals surface area contributed by atoms with Crippen LogP contribution in [0.15, 0.2) is 53.5 Å². The van der Waals surface area contributed by atoms with Gasteiger partial charge in [-0.1, -0.05) is 23.7 Å². The Morgan fingerprint density at radius 2 is 2.04 bits per heavy atom. The van der Waals surface area contributed by atoms with E-state index < -0.39 is 11.7 Å². The molecule has 0 bridgehead atoms. The minimum absolute atomic E-state index is 0.155. The number of carbonyl (C=O) groups excluding carboxylic acids is 1. The Morgan fingerprint density at radius 1 is 1.26 bits per heavy atom. The van der Waals surface area contributed by atoms with Crippen molar-refractivity contribution in [3.63, 3.8) is 0 Å². The summed E-state index contributed by atoms with van der Waals surface area (Å²) in [5.74, 6) is -0.951. The molecule has 5 nitrogen and oxygen atoms in total. The van der Waals surface area contributed by atoms with E-state index in [1.54, 1.807) is 37.4 Å². The van der Waals surface area contributed by atoms with E-state index in [1.807, 2.05) is 0 Å². The van der Waals surface area contributed by atoms with E-state index in [0.29, 0.717) is 16.5 Å². The molecule has 0 radical (unpaired) electrons. The topological polar surface area (TPSA) is 71.3 Å². The second kappa shape index (κ2) is 7.90. The first-order chi connectivity index (χ1) is 12.9. The van der Waals surface area contributed by atoms with Crippen LogP contribution in [0.2, 0.25) is 5.02 Å². The van der Waals surface area contributed by atoms with Gasteiger partial charge in [0.25, 0.3) is 5.56 Å². The van der Waals surface area contributed by atoms with E-state index in [1.165, 1.54) is 16.7 Å². The molecule has 0 saturated carbocycles. The summed E-state index contributed by atoms with van der Waals surface area (Å²) in [4.78, 5) is 25.0. The summed E-state index contributed by atoms with van der Waals surface area (Å²) >= 11 is 5.72. The zero-order chi connectivity index (χ0) is 19.6. The van der Waals surface area contributed by atoms with E-state index in [0.717, 1.165) is 6.07 Å². The molecule has 0 fully saturated rings. The monoisotopic (exact) mass is 388 g/mol.